The second-order valence-electron chi connectivity index (χ2n) is 0.788. The maximum absolute atomic E-state index is 8.05. The summed E-state index contributed by atoms with van der Waals surface area (Å²) in [5, 5.41) is 0. The van der Waals surface area contributed by atoms with Crippen molar-refractivity contribution in [3.63, 3.8) is 0 Å². The van der Waals surface area contributed by atoms with E-state index >= 15 is 0 Å². The fraction of sp³-hybridized carbons (Fsp3) is 0. The molecule has 0 radical (unpaired) electrons. The third-order valence-electron chi connectivity index (χ3n) is 0.286. The Morgan fingerprint density at radius 3 is 2.29 bits per heavy atom. The quantitative estimate of drug-likeness (QED) is 0.352. The lowest BCUT2D eigenvalue weighted by molar-refractivity contribution is 0.361. The van der Waals surface area contributed by atoms with Crippen molar-refractivity contribution in [2.24, 2.45) is 0 Å². The lowest BCUT2D eigenvalue weighted by Gasteiger charge is -1.99. The summed E-state index contributed by atoms with van der Waals surface area (Å²) in [6.07, 6.45) is 0. The van der Waals surface area contributed by atoms with Gasteiger partial charge in [0.25, 0.3) is 0 Å². The Morgan fingerprint density at radius 2 is 2.14 bits per heavy atom. The first-order valence-electron chi connectivity index (χ1n) is 1.57. The number of hydrogen-bond acceptors (Lipinski definition) is 4. The molecule has 44 valence electrons. The van der Waals surface area contributed by atoms with Crippen LogP contribution in [0.15, 0.2) is 0 Å². The van der Waals surface area contributed by atoms with E-state index in [0.29, 0.717) is 10.5 Å². The van der Waals surface area contributed by atoms with Crippen molar-refractivity contribution < 1.29 is 18.1 Å². The third-order valence-corrected chi connectivity index (χ3v) is 2.57. The van der Waals surface area contributed by atoms with Gasteiger partial charge < -0.3 is 18.1 Å². The summed E-state index contributed by atoms with van der Waals surface area (Å²) in [6, 6.07) is 0. The minimum atomic E-state index is -2.15. The van der Waals surface area contributed by atoms with E-state index < -0.39 is 18.6 Å². The number of rotatable bonds is 3. The van der Waals surface area contributed by atoms with Gasteiger partial charge in [0.2, 0.25) is 0 Å². The first kappa shape index (κ1) is 7.70. The van der Waals surface area contributed by atoms with Gasteiger partial charge in [0.15, 0.2) is 0 Å². The molecule has 0 bridgehead atoms. The van der Waals surface area contributed by atoms with E-state index in [2.05, 4.69) is 8.33 Å². The topological polar surface area (TPSA) is 58.9 Å². The van der Waals surface area contributed by atoms with Gasteiger partial charge >= 0.3 is 18.6 Å². The van der Waals surface area contributed by atoms with Crippen molar-refractivity contribution in [1.29, 1.82) is 0 Å². The molecule has 0 aliphatic heterocycles. The molecule has 0 unspecified atom stereocenters. The Bertz CT molecular complexity index is 38.7. The zero-order chi connectivity index (χ0) is 5.70. The van der Waals surface area contributed by atoms with Gasteiger partial charge in [-0.25, -0.2) is 0 Å². The Balaban J connectivity index is 2.68. The fourth-order valence-electron chi connectivity index (χ4n) is 0.0998. The summed E-state index contributed by atoms with van der Waals surface area (Å²) in [7, 11) is -2.56. The van der Waals surface area contributed by atoms with Gasteiger partial charge in [-0.1, -0.05) is 0 Å². The Labute approximate surface area is 48.1 Å². The van der Waals surface area contributed by atoms with Crippen molar-refractivity contribution in [3.05, 3.63) is 0 Å². The molecule has 2 N–H and O–H groups in total. The minimum absolute atomic E-state index is 0.619. The molecule has 7 heavy (non-hydrogen) atoms. The molecule has 0 heterocycles. The summed E-state index contributed by atoms with van der Waals surface area (Å²) in [4.78, 5) is 16.1. The molecule has 0 aromatic rings. The van der Waals surface area contributed by atoms with Gasteiger partial charge in [-0.15, -0.1) is 0 Å². The normalized spacial score (nSPS) is 12.4. The lowest BCUT2D eigenvalue weighted by Crippen LogP contribution is -1.96. The smallest absolute Gasteiger partial charge is 0.317 e. The van der Waals surface area contributed by atoms with Gasteiger partial charge in [-0.05, 0) is 0 Å². The van der Waals surface area contributed by atoms with Crippen LogP contribution in [0.25, 0.3) is 0 Å². The van der Waals surface area contributed by atoms with Crippen LogP contribution < -0.4 is 0 Å². The highest BCUT2D eigenvalue weighted by molar-refractivity contribution is 7.40. The molecule has 0 atom stereocenters. The second kappa shape index (κ2) is 4.85. The fourth-order valence-corrected chi connectivity index (χ4v) is 1.85. The molecule has 4 nitrogen and oxygen atoms in total. The molecule has 0 rings (SSSR count). The van der Waals surface area contributed by atoms with E-state index in [0.717, 1.165) is 0 Å². The molecular formula is H7O4PSi2. The van der Waals surface area contributed by atoms with Crippen molar-refractivity contribution in [1.82, 2.24) is 0 Å². The summed E-state index contributed by atoms with van der Waals surface area (Å²) in [5.41, 5.74) is 0. The van der Waals surface area contributed by atoms with Crippen LogP contribution in [0.4, 0.5) is 0 Å². The standard InChI is InChI=1S/H7O4PSi2/c1-5(2)3-7-4-6/h1-2H,7H2,6H3. The maximum Gasteiger partial charge on any atom is 0.317 e. The van der Waals surface area contributed by atoms with Crippen LogP contribution in [0.2, 0.25) is 0 Å². The molecule has 7 heteroatoms. The second-order valence-corrected chi connectivity index (χ2v) is 4.87. The van der Waals surface area contributed by atoms with Crippen molar-refractivity contribution >= 4 is 29.1 Å². The molecule has 0 saturated heterocycles. The van der Waals surface area contributed by atoms with Gasteiger partial charge in [-0.3, -0.25) is 0 Å². The van der Waals surface area contributed by atoms with E-state index in [1.54, 1.807) is 0 Å². The van der Waals surface area contributed by atoms with Gasteiger partial charge in [-0.2, -0.15) is 0 Å². The molecule has 0 saturated carbocycles. The Kier molecular flexibility index (Phi) is 5.34. The molecule has 0 aliphatic rings. The molecule has 0 aliphatic carbocycles. The molecule has 0 amide bonds. The van der Waals surface area contributed by atoms with Crippen LogP contribution in [-0.2, 0) is 8.33 Å². The van der Waals surface area contributed by atoms with Crippen LogP contribution in [-0.4, -0.2) is 30.3 Å². The van der Waals surface area contributed by atoms with Crippen molar-refractivity contribution in [3.8, 4) is 0 Å². The van der Waals surface area contributed by atoms with E-state index in [9.17, 15) is 0 Å². The maximum atomic E-state index is 8.05. The van der Waals surface area contributed by atoms with Crippen LogP contribution in [0.1, 0.15) is 0 Å². The van der Waals surface area contributed by atoms with E-state index in [1.165, 1.54) is 0 Å². The van der Waals surface area contributed by atoms with Crippen molar-refractivity contribution in [2.45, 2.75) is 0 Å². The van der Waals surface area contributed by atoms with Gasteiger partial charge in [0, 0.05) is 0 Å². The Hall–Kier alpha value is 0.704. The molecular weight excluding hydrogens is 151 g/mol. The van der Waals surface area contributed by atoms with E-state index in [1.807, 2.05) is 0 Å². The van der Waals surface area contributed by atoms with Crippen LogP contribution >= 0.6 is 8.60 Å². The van der Waals surface area contributed by atoms with Gasteiger partial charge in [0.05, 0.1) is 0 Å². The zero-order valence-electron chi connectivity index (χ0n) is 3.87. The van der Waals surface area contributed by atoms with Crippen LogP contribution in [0.3, 0.4) is 0 Å². The van der Waals surface area contributed by atoms with E-state index in [4.69, 9.17) is 9.79 Å². The average molecular weight is 158 g/mol. The van der Waals surface area contributed by atoms with Crippen molar-refractivity contribution in [2.75, 3.05) is 0 Å². The highest BCUT2D eigenvalue weighted by Crippen LogP contribution is 2.22. The predicted octanol–water partition coefficient (Wildman–Crippen LogP) is -2.49. The largest absolute Gasteiger partial charge is 0.449 e. The Morgan fingerprint density at radius 1 is 1.57 bits per heavy atom. The molecule has 0 aromatic carbocycles. The molecule has 0 aromatic heterocycles. The highest BCUT2D eigenvalue weighted by Gasteiger charge is 1.94. The monoisotopic (exact) mass is 158 g/mol. The lowest BCUT2D eigenvalue weighted by atomic mass is 15.7. The number of hydrogen-bond donors (Lipinski definition) is 2. The van der Waals surface area contributed by atoms with E-state index in [-0.39, 0.29) is 0 Å². The summed E-state index contributed by atoms with van der Waals surface area (Å²) >= 11 is 0. The van der Waals surface area contributed by atoms with Crippen LogP contribution in [0.5, 0.6) is 0 Å². The summed E-state index contributed by atoms with van der Waals surface area (Å²) in [5.74, 6) is 0. The van der Waals surface area contributed by atoms with Gasteiger partial charge in [0.1, 0.15) is 10.5 Å². The predicted molar refractivity (Wildman–Crippen MR) is 32.0 cm³/mol. The SMILES string of the molecule is OP(O)O[SiH2]O[SiH3]. The first-order valence-corrected chi connectivity index (χ1v) is 4.70. The average Bonchev–Trinajstić information content (AvgIpc) is 1.61. The molecule has 0 spiro atoms. The zero-order valence-corrected chi connectivity index (χ0v) is 8.17. The first-order chi connectivity index (χ1) is 3.27. The van der Waals surface area contributed by atoms with Crippen LogP contribution in [0, 0.1) is 0 Å². The summed E-state index contributed by atoms with van der Waals surface area (Å²) < 4.78 is 8.92. The highest BCUT2D eigenvalue weighted by atomic mass is 31.2. The third kappa shape index (κ3) is 6.70. The minimum Gasteiger partial charge on any atom is -0.449 e. The summed E-state index contributed by atoms with van der Waals surface area (Å²) in [6.45, 7) is 0. The molecule has 0 fully saturated rings.